The Hall–Kier alpha value is -2.14. The third-order valence-corrected chi connectivity index (χ3v) is 3.61. The molecular weight excluding hydrogens is 266 g/mol. The molecule has 1 aliphatic rings. The maximum absolute atomic E-state index is 6.39. The number of hydrogen-bond donors (Lipinski definition) is 1. The molecule has 0 spiro atoms. The van der Waals surface area contributed by atoms with Crippen molar-refractivity contribution in [2.45, 2.75) is 26.3 Å². The lowest BCUT2D eigenvalue weighted by molar-refractivity contribution is 0.297. The van der Waals surface area contributed by atoms with Gasteiger partial charge in [-0.2, -0.15) is 10.2 Å². The SMILES string of the molecule is Cc1cc(C(N)c2ccc3c(c2)OCCCO3)c(C)nn1. The van der Waals surface area contributed by atoms with E-state index in [2.05, 4.69) is 10.2 Å². The molecule has 1 aromatic carbocycles. The van der Waals surface area contributed by atoms with Gasteiger partial charge in [0.25, 0.3) is 0 Å². The average Bonchev–Trinajstić information content (AvgIpc) is 2.73. The molecule has 5 heteroatoms. The van der Waals surface area contributed by atoms with Crippen LogP contribution in [0.25, 0.3) is 0 Å². The van der Waals surface area contributed by atoms with Gasteiger partial charge < -0.3 is 15.2 Å². The van der Waals surface area contributed by atoms with Crippen LogP contribution in [-0.2, 0) is 0 Å². The number of fused-ring (bicyclic) bond motifs is 1. The molecule has 5 nitrogen and oxygen atoms in total. The molecule has 2 N–H and O–H groups in total. The molecule has 110 valence electrons. The Labute approximate surface area is 124 Å². The quantitative estimate of drug-likeness (QED) is 0.916. The third kappa shape index (κ3) is 2.83. The van der Waals surface area contributed by atoms with Crippen molar-refractivity contribution in [3.8, 4) is 11.5 Å². The number of hydrogen-bond acceptors (Lipinski definition) is 5. The van der Waals surface area contributed by atoms with Gasteiger partial charge in [0.05, 0.1) is 30.6 Å². The fraction of sp³-hybridized carbons (Fsp3) is 0.375. The summed E-state index contributed by atoms with van der Waals surface area (Å²) in [6.45, 7) is 5.19. The molecule has 1 unspecified atom stereocenters. The first-order valence-corrected chi connectivity index (χ1v) is 7.11. The highest BCUT2D eigenvalue weighted by molar-refractivity contribution is 5.46. The highest BCUT2D eigenvalue weighted by atomic mass is 16.5. The topological polar surface area (TPSA) is 70.3 Å². The van der Waals surface area contributed by atoms with Crippen molar-refractivity contribution >= 4 is 0 Å². The number of aryl methyl sites for hydroxylation is 2. The van der Waals surface area contributed by atoms with E-state index >= 15 is 0 Å². The fourth-order valence-corrected chi connectivity index (χ4v) is 2.44. The van der Waals surface area contributed by atoms with Gasteiger partial charge >= 0.3 is 0 Å². The molecule has 0 amide bonds. The van der Waals surface area contributed by atoms with Crippen LogP contribution in [-0.4, -0.2) is 23.4 Å². The summed E-state index contributed by atoms with van der Waals surface area (Å²) >= 11 is 0. The van der Waals surface area contributed by atoms with Gasteiger partial charge in [-0.05, 0) is 43.2 Å². The molecule has 1 aliphatic heterocycles. The normalized spacial score (nSPS) is 15.4. The van der Waals surface area contributed by atoms with Crippen LogP contribution in [0.5, 0.6) is 11.5 Å². The van der Waals surface area contributed by atoms with Crippen LogP contribution in [0.2, 0.25) is 0 Å². The molecule has 3 rings (SSSR count). The first kappa shape index (κ1) is 13.8. The van der Waals surface area contributed by atoms with Crippen molar-refractivity contribution in [1.82, 2.24) is 10.2 Å². The molecule has 0 saturated heterocycles. The van der Waals surface area contributed by atoms with Crippen molar-refractivity contribution in [2.24, 2.45) is 5.73 Å². The van der Waals surface area contributed by atoms with Crippen LogP contribution in [0.1, 0.15) is 35.0 Å². The van der Waals surface area contributed by atoms with E-state index in [1.54, 1.807) is 0 Å². The van der Waals surface area contributed by atoms with Crippen LogP contribution >= 0.6 is 0 Å². The zero-order chi connectivity index (χ0) is 14.8. The van der Waals surface area contributed by atoms with E-state index in [0.29, 0.717) is 13.2 Å². The van der Waals surface area contributed by atoms with E-state index in [0.717, 1.165) is 40.4 Å². The van der Waals surface area contributed by atoms with Gasteiger partial charge in [-0.1, -0.05) is 6.07 Å². The summed E-state index contributed by atoms with van der Waals surface area (Å²) in [7, 11) is 0. The monoisotopic (exact) mass is 285 g/mol. The smallest absolute Gasteiger partial charge is 0.161 e. The lowest BCUT2D eigenvalue weighted by Gasteiger charge is -2.16. The Balaban J connectivity index is 1.96. The minimum Gasteiger partial charge on any atom is -0.490 e. The standard InChI is InChI=1S/C16H19N3O2/c1-10-8-13(11(2)19-18-10)16(17)12-4-5-14-15(9-12)21-7-3-6-20-14/h4-5,8-9,16H,3,6-7,17H2,1-2H3. The highest BCUT2D eigenvalue weighted by Crippen LogP contribution is 2.33. The Morgan fingerprint density at radius 2 is 1.81 bits per heavy atom. The van der Waals surface area contributed by atoms with Crippen molar-refractivity contribution in [1.29, 1.82) is 0 Å². The molecule has 0 fully saturated rings. The molecule has 0 aliphatic carbocycles. The lowest BCUT2D eigenvalue weighted by atomic mass is 9.98. The fourth-order valence-electron chi connectivity index (χ4n) is 2.44. The van der Waals surface area contributed by atoms with E-state index in [-0.39, 0.29) is 6.04 Å². The maximum atomic E-state index is 6.39. The first-order valence-electron chi connectivity index (χ1n) is 7.11. The van der Waals surface area contributed by atoms with E-state index in [9.17, 15) is 0 Å². The Kier molecular flexibility index (Phi) is 3.75. The second kappa shape index (κ2) is 5.69. The minimum atomic E-state index is -0.253. The summed E-state index contributed by atoms with van der Waals surface area (Å²) in [4.78, 5) is 0. The van der Waals surface area contributed by atoms with Crippen molar-refractivity contribution < 1.29 is 9.47 Å². The molecule has 0 radical (unpaired) electrons. The molecular formula is C16H19N3O2. The van der Waals surface area contributed by atoms with Gasteiger partial charge in [0.1, 0.15) is 0 Å². The van der Waals surface area contributed by atoms with Crippen LogP contribution in [0.15, 0.2) is 24.3 Å². The number of nitrogens with zero attached hydrogens (tertiary/aromatic N) is 2. The van der Waals surface area contributed by atoms with Gasteiger partial charge in [-0.25, -0.2) is 0 Å². The van der Waals surface area contributed by atoms with Gasteiger partial charge in [-0.3, -0.25) is 0 Å². The van der Waals surface area contributed by atoms with E-state index in [4.69, 9.17) is 15.2 Å². The molecule has 2 heterocycles. The van der Waals surface area contributed by atoms with Gasteiger partial charge in [-0.15, -0.1) is 0 Å². The summed E-state index contributed by atoms with van der Waals surface area (Å²) in [5.41, 5.74) is 10.1. The van der Waals surface area contributed by atoms with E-state index in [1.165, 1.54) is 0 Å². The summed E-state index contributed by atoms with van der Waals surface area (Å²) in [6.07, 6.45) is 0.892. The lowest BCUT2D eigenvalue weighted by Crippen LogP contribution is -2.15. The van der Waals surface area contributed by atoms with Gasteiger partial charge in [0.15, 0.2) is 11.5 Å². The Bertz CT molecular complexity index is 658. The summed E-state index contributed by atoms with van der Waals surface area (Å²) in [6, 6.07) is 7.59. The number of ether oxygens (including phenoxy) is 2. The molecule has 2 aromatic rings. The summed E-state index contributed by atoms with van der Waals surface area (Å²) in [5, 5.41) is 8.19. The highest BCUT2D eigenvalue weighted by Gasteiger charge is 2.17. The molecule has 21 heavy (non-hydrogen) atoms. The summed E-state index contributed by atoms with van der Waals surface area (Å²) in [5.74, 6) is 1.54. The van der Waals surface area contributed by atoms with Crippen molar-refractivity contribution in [2.75, 3.05) is 13.2 Å². The number of benzene rings is 1. The number of aromatic nitrogens is 2. The second-order valence-electron chi connectivity index (χ2n) is 5.26. The average molecular weight is 285 g/mol. The predicted molar refractivity (Wildman–Crippen MR) is 79.6 cm³/mol. The van der Waals surface area contributed by atoms with Crippen molar-refractivity contribution in [3.05, 3.63) is 46.8 Å². The van der Waals surface area contributed by atoms with Crippen LogP contribution in [0.4, 0.5) is 0 Å². The van der Waals surface area contributed by atoms with Crippen molar-refractivity contribution in [3.63, 3.8) is 0 Å². The minimum absolute atomic E-state index is 0.253. The van der Waals surface area contributed by atoms with Crippen LogP contribution in [0.3, 0.4) is 0 Å². The van der Waals surface area contributed by atoms with E-state index < -0.39 is 0 Å². The first-order chi connectivity index (χ1) is 10.1. The number of rotatable bonds is 2. The van der Waals surface area contributed by atoms with Gasteiger partial charge in [0, 0.05) is 6.42 Å². The zero-order valence-electron chi connectivity index (χ0n) is 12.3. The zero-order valence-corrected chi connectivity index (χ0v) is 12.3. The second-order valence-corrected chi connectivity index (χ2v) is 5.26. The third-order valence-electron chi connectivity index (χ3n) is 3.61. The largest absolute Gasteiger partial charge is 0.490 e. The number of nitrogens with two attached hydrogens (primary N) is 1. The predicted octanol–water partition coefficient (Wildman–Crippen LogP) is 2.30. The Morgan fingerprint density at radius 1 is 1.05 bits per heavy atom. The molecule has 0 bridgehead atoms. The van der Waals surface area contributed by atoms with Crippen LogP contribution < -0.4 is 15.2 Å². The molecule has 0 saturated carbocycles. The summed E-state index contributed by atoms with van der Waals surface area (Å²) < 4.78 is 11.4. The van der Waals surface area contributed by atoms with E-state index in [1.807, 2.05) is 38.1 Å². The van der Waals surface area contributed by atoms with Crippen LogP contribution in [0, 0.1) is 13.8 Å². The maximum Gasteiger partial charge on any atom is 0.161 e. The Morgan fingerprint density at radius 3 is 2.62 bits per heavy atom. The van der Waals surface area contributed by atoms with Gasteiger partial charge in [0.2, 0.25) is 0 Å². The molecule has 1 atom stereocenters. The molecule has 1 aromatic heterocycles.